The number of nitrogens with one attached hydrogen (secondary N) is 2. The van der Waals surface area contributed by atoms with E-state index in [0.717, 1.165) is 50.0 Å². The SMILES string of the molecule is CC1CCC(O)(CNC2CC(NC(=O)OCc3ccccc3)C2)CC1. The monoisotopic (exact) mass is 346 g/mol. The fourth-order valence-electron chi connectivity index (χ4n) is 3.64. The highest BCUT2D eigenvalue weighted by atomic mass is 16.5. The maximum atomic E-state index is 11.8. The largest absolute Gasteiger partial charge is 0.445 e. The van der Waals surface area contributed by atoms with Crippen LogP contribution in [0.3, 0.4) is 0 Å². The highest BCUT2D eigenvalue weighted by Gasteiger charge is 2.35. The molecule has 1 aromatic rings. The van der Waals surface area contributed by atoms with Crippen molar-refractivity contribution in [2.24, 2.45) is 5.92 Å². The third kappa shape index (κ3) is 5.44. The van der Waals surface area contributed by atoms with Crippen molar-refractivity contribution in [3.05, 3.63) is 35.9 Å². The summed E-state index contributed by atoms with van der Waals surface area (Å²) < 4.78 is 5.24. The van der Waals surface area contributed by atoms with Crippen molar-refractivity contribution >= 4 is 6.09 Å². The Kier molecular flexibility index (Phi) is 5.97. The van der Waals surface area contributed by atoms with Gasteiger partial charge in [0.05, 0.1) is 5.60 Å². The van der Waals surface area contributed by atoms with Crippen molar-refractivity contribution in [2.75, 3.05) is 6.54 Å². The first-order chi connectivity index (χ1) is 12.0. The molecule has 2 saturated carbocycles. The first kappa shape index (κ1) is 18.2. The number of carbonyl (C=O) groups excluding carboxylic acids is 1. The standard InChI is InChI=1S/C20H30N2O3/c1-15-7-9-20(24,10-8-15)14-21-17-11-18(12-17)22-19(23)25-13-16-5-3-2-4-6-16/h2-6,15,17-18,21,24H,7-14H2,1H3,(H,22,23). The van der Waals surface area contributed by atoms with Gasteiger partial charge in [0.25, 0.3) is 0 Å². The Labute approximate surface area is 150 Å². The maximum Gasteiger partial charge on any atom is 0.407 e. The lowest BCUT2D eigenvalue weighted by molar-refractivity contribution is -0.0112. The van der Waals surface area contributed by atoms with Gasteiger partial charge < -0.3 is 20.5 Å². The Balaban J connectivity index is 1.28. The zero-order valence-electron chi connectivity index (χ0n) is 15.0. The second-order valence-electron chi connectivity index (χ2n) is 7.86. The smallest absolute Gasteiger partial charge is 0.407 e. The van der Waals surface area contributed by atoms with Crippen LogP contribution in [0.25, 0.3) is 0 Å². The van der Waals surface area contributed by atoms with E-state index in [1.165, 1.54) is 0 Å². The zero-order valence-corrected chi connectivity index (χ0v) is 15.0. The van der Waals surface area contributed by atoms with E-state index in [9.17, 15) is 9.90 Å². The molecule has 138 valence electrons. The van der Waals surface area contributed by atoms with Crippen LogP contribution in [-0.2, 0) is 11.3 Å². The van der Waals surface area contributed by atoms with Crippen LogP contribution in [0.4, 0.5) is 4.79 Å². The number of rotatable bonds is 6. The average molecular weight is 346 g/mol. The number of hydrogen-bond donors (Lipinski definition) is 3. The molecule has 0 heterocycles. The summed E-state index contributed by atoms with van der Waals surface area (Å²) in [5.74, 6) is 0.736. The number of aliphatic hydroxyl groups is 1. The molecule has 0 radical (unpaired) electrons. The van der Waals surface area contributed by atoms with Crippen molar-refractivity contribution < 1.29 is 14.6 Å². The minimum absolute atomic E-state index is 0.168. The van der Waals surface area contributed by atoms with Crippen molar-refractivity contribution in [2.45, 2.75) is 69.7 Å². The van der Waals surface area contributed by atoms with E-state index < -0.39 is 5.60 Å². The van der Waals surface area contributed by atoms with Crippen molar-refractivity contribution in [1.82, 2.24) is 10.6 Å². The van der Waals surface area contributed by atoms with Gasteiger partial charge in [0.15, 0.2) is 0 Å². The molecule has 2 fully saturated rings. The molecule has 25 heavy (non-hydrogen) atoms. The Hall–Kier alpha value is -1.59. The summed E-state index contributed by atoms with van der Waals surface area (Å²) in [6.45, 7) is 3.22. The van der Waals surface area contributed by atoms with E-state index in [-0.39, 0.29) is 12.1 Å². The predicted molar refractivity (Wildman–Crippen MR) is 97.2 cm³/mol. The molecule has 1 amide bonds. The fourth-order valence-corrected chi connectivity index (χ4v) is 3.64. The summed E-state index contributed by atoms with van der Waals surface area (Å²) in [7, 11) is 0. The summed E-state index contributed by atoms with van der Waals surface area (Å²) in [4.78, 5) is 11.8. The first-order valence-electron chi connectivity index (χ1n) is 9.45. The molecular formula is C20H30N2O3. The minimum Gasteiger partial charge on any atom is -0.445 e. The van der Waals surface area contributed by atoms with Crippen LogP contribution in [0.5, 0.6) is 0 Å². The van der Waals surface area contributed by atoms with Gasteiger partial charge in [0.1, 0.15) is 6.61 Å². The predicted octanol–water partition coefficient (Wildman–Crippen LogP) is 2.97. The topological polar surface area (TPSA) is 70.6 Å². The van der Waals surface area contributed by atoms with Crippen LogP contribution >= 0.6 is 0 Å². The molecular weight excluding hydrogens is 316 g/mol. The fraction of sp³-hybridized carbons (Fsp3) is 0.650. The Bertz CT molecular complexity index is 549. The molecule has 0 aliphatic heterocycles. The zero-order chi connectivity index (χ0) is 17.7. The molecule has 0 bridgehead atoms. The van der Waals surface area contributed by atoms with E-state index in [4.69, 9.17) is 4.74 Å². The lowest BCUT2D eigenvalue weighted by Crippen LogP contribution is -2.55. The third-order valence-corrected chi connectivity index (χ3v) is 5.60. The van der Waals surface area contributed by atoms with Crippen LogP contribution in [0.15, 0.2) is 30.3 Å². The number of amides is 1. The molecule has 0 saturated heterocycles. The van der Waals surface area contributed by atoms with E-state index in [0.29, 0.717) is 19.2 Å². The van der Waals surface area contributed by atoms with Gasteiger partial charge in [-0.3, -0.25) is 0 Å². The van der Waals surface area contributed by atoms with Gasteiger partial charge >= 0.3 is 6.09 Å². The molecule has 0 spiro atoms. The molecule has 3 rings (SSSR count). The lowest BCUT2D eigenvalue weighted by Gasteiger charge is -2.40. The number of benzene rings is 1. The normalized spacial score (nSPS) is 31.8. The number of ether oxygens (including phenoxy) is 1. The average Bonchev–Trinajstić information content (AvgIpc) is 2.59. The third-order valence-electron chi connectivity index (χ3n) is 5.60. The van der Waals surface area contributed by atoms with Crippen LogP contribution < -0.4 is 10.6 Å². The summed E-state index contributed by atoms with van der Waals surface area (Å²) in [6, 6.07) is 10.2. The van der Waals surface area contributed by atoms with Gasteiger partial charge in [-0.1, -0.05) is 37.3 Å². The highest BCUT2D eigenvalue weighted by Crippen LogP contribution is 2.32. The highest BCUT2D eigenvalue weighted by molar-refractivity contribution is 5.67. The Morgan fingerprint density at radius 2 is 1.88 bits per heavy atom. The molecule has 0 atom stereocenters. The van der Waals surface area contributed by atoms with E-state index >= 15 is 0 Å². The number of hydrogen-bond acceptors (Lipinski definition) is 4. The molecule has 2 aliphatic carbocycles. The number of carbonyl (C=O) groups is 1. The molecule has 1 aromatic carbocycles. The molecule has 0 aromatic heterocycles. The van der Waals surface area contributed by atoms with Crippen LogP contribution in [0.1, 0.15) is 51.0 Å². The Morgan fingerprint density at radius 3 is 2.56 bits per heavy atom. The van der Waals surface area contributed by atoms with Crippen LogP contribution in [0.2, 0.25) is 0 Å². The molecule has 2 aliphatic rings. The quantitative estimate of drug-likeness (QED) is 0.741. The summed E-state index contributed by atoms with van der Waals surface area (Å²) in [5.41, 5.74) is 0.445. The summed E-state index contributed by atoms with van der Waals surface area (Å²) >= 11 is 0. The van der Waals surface area contributed by atoms with Gasteiger partial charge in [0.2, 0.25) is 0 Å². The van der Waals surface area contributed by atoms with Gasteiger partial charge in [0, 0.05) is 18.6 Å². The van der Waals surface area contributed by atoms with Crippen molar-refractivity contribution in [3.8, 4) is 0 Å². The van der Waals surface area contributed by atoms with E-state index in [1.807, 2.05) is 30.3 Å². The van der Waals surface area contributed by atoms with Gasteiger partial charge in [-0.25, -0.2) is 4.79 Å². The summed E-state index contributed by atoms with van der Waals surface area (Å²) in [5, 5.41) is 17.0. The molecule has 5 nitrogen and oxygen atoms in total. The van der Waals surface area contributed by atoms with Gasteiger partial charge in [-0.2, -0.15) is 0 Å². The first-order valence-corrected chi connectivity index (χ1v) is 9.45. The second kappa shape index (κ2) is 8.19. The van der Waals surface area contributed by atoms with Gasteiger partial charge in [-0.15, -0.1) is 0 Å². The lowest BCUT2D eigenvalue weighted by atomic mass is 9.79. The van der Waals surface area contributed by atoms with Gasteiger partial charge in [-0.05, 0) is 50.0 Å². The Morgan fingerprint density at radius 1 is 1.20 bits per heavy atom. The second-order valence-corrected chi connectivity index (χ2v) is 7.86. The maximum absolute atomic E-state index is 11.8. The van der Waals surface area contributed by atoms with E-state index in [2.05, 4.69) is 17.6 Å². The number of alkyl carbamates (subject to hydrolysis) is 1. The van der Waals surface area contributed by atoms with Crippen LogP contribution in [0, 0.1) is 5.92 Å². The molecule has 5 heteroatoms. The molecule has 0 unspecified atom stereocenters. The minimum atomic E-state index is -0.542. The van der Waals surface area contributed by atoms with Crippen LogP contribution in [-0.4, -0.2) is 35.4 Å². The van der Waals surface area contributed by atoms with Crippen molar-refractivity contribution in [3.63, 3.8) is 0 Å². The van der Waals surface area contributed by atoms with E-state index in [1.54, 1.807) is 0 Å². The summed E-state index contributed by atoms with van der Waals surface area (Å²) in [6.07, 6.45) is 5.44. The van der Waals surface area contributed by atoms with Crippen molar-refractivity contribution in [1.29, 1.82) is 0 Å². The molecule has 3 N–H and O–H groups in total.